The molecule has 0 saturated carbocycles. The monoisotopic (exact) mass is 278 g/mol. The maximum absolute atomic E-state index is 11.4. The first-order chi connectivity index (χ1) is 9.29. The Morgan fingerprint density at radius 1 is 1.26 bits per heavy atom. The van der Waals surface area contributed by atoms with Crippen molar-refractivity contribution >= 4 is 17.7 Å². The van der Waals surface area contributed by atoms with Crippen molar-refractivity contribution in [3.8, 4) is 0 Å². The van der Waals surface area contributed by atoms with E-state index < -0.39 is 0 Å². The van der Waals surface area contributed by atoms with Gasteiger partial charge in [-0.3, -0.25) is 4.79 Å². The van der Waals surface area contributed by atoms with Gasteiger partial charge in [0.1, 0.15) is 0 Å². The van der Waals surface area contributed by atoms with Gasteiger partial charge in [-0.15, -0.1) is 0 Å². The zero-order chi connectivity index (χ0) is 13.5. The second kappa shape index (κ2) is 7.56. The van der Waals surface area contributed by atoms with Gasteiger partial charge in [0.2, 0.25) is 0 Å². The molecule has 1 aromatic carbocycles. The summed E-state index contributed by atoms with van der Waals surface area (Å²) >= 11 is 2.07. The Kier molecular flexibility index (Phi) is 5.73. The fraction of sp³-hybridized carbons (Fsp3) is 0.533. The second-order valence-corrected chi connectivity index (χ2v) is 6.19. The molecule has 0 unspecified atom stereocenters. The normalized spacial score (nSPS) is 16.3. The molecule has 0 atom stereocenters. The Balaban J connectivity index is 1.75. The minimum Gasteiger partial charge on any atom is -0.355 e. The highest BCUT2D eigenvalue weighted by Crippen LogP contribution is 2.21. The third-order valence-electron chi connectivity index (χ3n) is 3.55. The van der Waals surface area contributed by atoms with Crippen molar-refractivity contribution < 1.29 is 4.79 Å². The Labute approximate surface area is 119 Å². The van der Waals surface area contributed by atoms with Crippen LogP contribution in [0.2, 0.25) is 0 Å². The predicted molar refractivity (Wildman–Crippen MR) is 81.6 cm³/mol. The summed E-state index contributed by atoms with van der Waals surface area (Å²) in [6.45, 7) is 2.00. The van der Waals surface area contributed by atoms with Crippen LogP contribution in [0.15, 0.2) is 24.3 Å². The molecule has 1 saturated heterocycles. The molecule has 0 spiro atoms. The number of hydrogen-bond donors (Lipinski definition) is 2. The van der Waals surface area contributed by atoms with Crippen LogP contribution >= 0.6 is 11.8 Å². The van der Waals surface area contributed by atoms with Crippen LogP contribution in [-0.2, 0) is 6.54 Å². The zero-order valence-corrected chi connectivity index (χ0v) is 12.3. The molecule has 1 aromatic rings. The first-order valence-corrected chi connectivity index (χ1v) is 8.04. The molecule has 0 bridgehead atoms. The van der Waals surface area contributed by atoms with Gasteiger partial charge in [-0.05, 0) is 54.5 Å². The van der Waals surface area contributed by atoms with Crippen LogP contribution < -0.4 is 10.6 Å². The topological polar surface area (TPSA) is 41.1 Å². The van der Waals surface area contributed by atoms with E-state index >= 15 is 0 Å². The molecule has 0 aliphatic carbocycles. The average Bonchev–Trinajstić information content (AvgIpc) is 2.48. The lowest BCUT2D eigenvalue weighted by Gasteiger charge is -2.21. The highest BCUT2D eigenvalue weighted by Gasteiger charge is 2.12. The van der Waals surface area contributed by atoms with Crippen molar-refractivity contribution in [3.63, 3.8) is 0 Å². The van der Waals surface area contributed by atoms with E-state index in [1.54, 1.807) is 7.05 Å². The number of nitrogens with one attached hydrogen (secondary N) is 2. The molecule has 19 heavy (non-hydrogen) atoms. The SMILES string of the molecule is CNC(=O)c1ccc(CNCC2CCSCC2)cc1. The number of benzene rings is 1. The summed E-state index contributed by atoms with van der Waals surface area (Å²) in [5, 5.41) is 6.15. The number of carbonyl (C=O) groups excluding carboxylic acids is 1. The summed E-state index contributed by atoms with van der Waals surface area (Å²) in [6.07, 6.45) is 2.68. The molecule has 104 valence electrons. The quantitative estimate of drug-likeness (QED) is 0.868. The number of rotatable bonds is 5. The minimum absolute atomic E-state index is 0.0285. The van der Waals surface area contributed by atoms with Gasteiger partial charge in [-0.1, -0.05) is 12.1 Å². The third kappa shape index (κ3) is 4.55. The zero-order valence-electron chi connectivity index (χ0n) is 11.4. The van der Waals surface area contributed by atoms with E-state index in [1.165, 1.54) is 29.9 Å². The lowest BCUT2D eigenvalue weighted by molar-refractivity contribution is 0.0963. The van der Waals surface area contributed by atoms with E-state index in [2.05, 4.69) is 22.4 Å². The predicted octanol–water partition coefficient (Wildman–Crippen LogP) is 2.28. The van der Waals surface area contributed by atoms with Gasteiger partial charge in [-0.25, -0.2) is 0 Å². The summed E-state index contributed by atoms with van der Waals surface area (Å²) < 4.78 is 0. The van der Waals surface area contributed by atoms with Crippen molar-refractivity contribution in [3.05, 3.63) is 35.4 Å². The van der Waals surface area contributed by atoms with Crippen LogP contribution in [0, 0.1) is 5.92 Å². The standard InChI is InChI=1S/C15H22N2OS/c1-16-15(18)14-4-2-12(3-5-14)10-17-11-13-6-8-19-9-7-13/h2-5,13,17H,6-11H2,1H3,(H,16,18). The summed E-state index contributed by atoms with van der Waals surface area (Å²) in [5.41, 5.74) is 1.95. The fourth-order valence-electron chi connectivity index (χ4n) is 2.29. The summed E-state index contributed by atoms with van der Waals surface area (Å²) in [4.78, 5) is 11.4. The Morgan fingerprint density at radius 3 is 2.58 bits per heavy atom. The number of hydrogen-bond acceptors (Lipinski definition) is 3. The van der Waals surface area contributed by atoms with Gasteiger partial charge in [0.25, 0.3) is 5.91 Å². The van der Waals surface area contributed by atoms with Crippen molar-refractivity contribution in [1.82, 2.24) is 10.6 Å². The summed E-state index contributed by atoms with van der Waals surface area (Å²) in [7, 11) is 1.65. The Bertz CT molecular complexity index is 399. The van der Waals surface area contributed by atoms with Crippen LogP contribution in [0.1, 0.15) is 28.8 Å². The molecule has 0 aromatic heterocycles. The van der Waals surface area contributed by atoms with Crippen LogP contribution in [0.5, 0.6) is 0 Å². The number of amides is 1. The van der Waals surface area contributed by atoms with E-state index in [0.717, 1.165) is 24.6 Å². The lowest BCUT2D eigenvalue weighted by Crippen LogP contribution is -2.25. The highest BCUT2D eigenvalue weighted by molar-refractivity contribution is 7.99. The molecular weight excluding hydrogens is 256 g/mol. The van der Waals surface area contributed by atoms with Crippen molar-refractivity contribution in [2.75, 3.05) is 25.1 Å². The largest absolute Gasteiger partial charge is 0.355 e. The van der Waals surface area contributed by atoms with Crippen molar-refractivity contribution in [1.29, 1.82) is 0 Å². The second-order valence-electron chi connectivity index (χ2n) is 4.96. The van der Waals surface area contributed by atoms with E-state index in [-0.39, 0.29) is 5.91 Å². The first-order valence-electron chi connectivity index (χ1n) is 6.89. The van der Waals surface area contributed by atoms with E-state index in [9.17, 15) is 4.79 Å². The molecular formula is C15H22N2OS. The van der Waals surface area contributed by atoms with Crippen LogP contribution in [-0.4, -0.2) is 31.0 Å². The van der Waals surface area contributed by atoms with Gasteiger partial charge in [0.05, 0.1) is 0 Å². The van der Waals surface area contributed by atoms with E-state index in [4.69, 9.17) is 0 Å². The number of thioether (sulfide) groups is 1. The number of carbonyl (C=O) groups is 1. The molecule has 0 radical (unpaired) electrons. The average molecular weight is 278 g/mol. The molecule has 1 aliphatic rings. The molecule has 1 aliphatic heterocycles. The minimum atomic E-state index is -0.0285. The lowest BCUT2D eigenvalue weighted by atomic mass is 10.0. The van der Waals surface area contributed by atoms with Crippen molar-refractivity contribution in [2.45, 2.75) is 19.4 Å². The molecule has 2 N–H and O–H groups in total. The van der Waals surface area contributed by atoms with E-state index in [1.807, 2.05) is 24.3 Å². The molecule has 3 nitrogen and oxygen atoms in total. The Hall–Kier alpha value is -1.00. The van der Waals surface area contributed by atoms with Gasteiger partial charge in [-0.2, -0.15) is 11.8 Å². The van der Waals surface area contributed by atoms with Gasteiger partial charge < -0.3 is 10.6 Å². The Morgan fingerprint density at radius 2 is 1.95 bits per heavy atom. The molecule has 2 rings (SSSR count). The third-order valence-corrected chi connectivity index (χ3v) is 4.59. The maximum atomic E-state index is 11.4. The van der Waals surface area contributed by atoms with Crippen LogP contribution in [0.3, 0.4) is 0 Å². The summed E-state index contributed by atoms with van der Waals surface area (Å²) in [5.74, 6) is 3.44. The molecule has 1 heterocycles. The van der Waals surface area contributed by atoms with Crippen LogP contribution in [0.25, 0.3) is 0 Å². The van der Waals surface area contributed by atoms with Gasteiger partial charge >= 0.3 is 0 Å². The van der Waals surface area contributed by atoms with Crippen LogP contribution in [0.4, 0.5) is 0 Å². The first kappa shape index (κ1) is 14.4. The molecule has 4 heteroatoms. The fourth-order valence-corrected chi connectivity index (χ4v) is 3.49. The maximum Gasteiger partial charge on any atom is 0.251 e. The van der Waals surface area contributed by atoms with Crippen molar-refractivity contribution in [2.24, 2.45) is 5.92 Å². The molecule has 1 fully saturated rings. The van der Waals surface area contributed by atoms with Gasteiger partial charge in [0, 0.05) is 19.2 Å². The molecule has 1 amide bonds. The highest BCUT2D eigenvalue weighted by atomic mass is 32.2. The smallest absolute Gasteiger partial charge is 0.251 e. The summed E-state index contributed by atoms with van der Waals surface area (Å²) in [6, 6.07) is 7.81. The van der Waals surface area contributed by atoms with E-state index in [0.29, 0.717) is 0 Å². The van der Waals surface area contributed by atoms with Gasteiger partial charge in [0.15, 0.2) is 0 Å².